The quantitative estimate of drug-likeness (QED) is 0.543. The summed E-state index contributed by atoms with van der Waals surface area (Å²) in [5.74, 6) is 0. The summed E-state index contributed by atoms with van der Waals surface area (Å²) in [6.07, 6.45) is -0.447. The molecule has 0 bridgehead atoms. The van der Waals surface area contributed by atoms with Crippen molar-refractivity contribution in [1.29, 1.82) is 0 Å². The van der Waals surface area contributed by atoms with Crippen molar-refractivity contribution in [2.75, 3.05) is 26.2 Å². The van der Waals surface area contributed by atoms with E-state index in [4.69, 9.17) is 0 Å². The van der Waals surface area contributed by atoms with Gasteiger partial charge >= 0.3 is 0 Å². The largest absolute Gasteiger partial charge is 0.374 e. The molecule has 1 unspecified atom stereocenters. The Morgan fingerprint density at radius 3 is 2.55 bits per heavy atom. The normalized spacial score (nSPS) is 23.1. The summed E-state index contributed by atoms with van der Waals surface area (Å²) in [5, 5.41) is 12.8. The van der Waals surface area contributed by atoms with Crippen LogP contribution in [0, 0.1) is 0 Å². The highest BCUT2D eigenvalue weighted by molar-refractivity contribution is 4.96. The van der Waals surface area contributed by atoms with Crippen LogP contribution in [0.2, 0.25) is 0 Å². The Kier molecular flexibility index (Phi) is 3.05. The second kappa shape index (κ2) is 3.85. The predicted octanol–water partition coefficient (Wildman–Crippen LogP) is -0.214. The van der Waals surface area contributed by atoms with Gasteiger partial charge in [0, 0.05) is 26.2 Å². The Bertz CT molecular complexity index is 141. The molecule has 1 heterocycles. The van der Waals surface area contributed by atoms with E-state index in [-0.39, 0.29) is 0 Å². The summed E-state index contributed by atoms with van der Waals surface area (Å²) < 4.78 is 0. The van der Waals surface area contributed by atoms with Crippen LogP contribution in [0.1, 0.15) is 6.92 Å². The van der Waals surface area contributed by atoms with Crippen LogP contribution in [-0.2, 0) is 0 Å². The maximum Gasteiger partial charge on any atom is 0.129 e. The van der Waals surface area contributed by atoms with Gasteiger partial charge in [-0.05, 0) is 12.5 Å². The second-order valence-corrected chi connectivity index (χ2v) is 3.01. The summed E-state index contributed by atoms with van der Waals surface area (Å²) in [7, 11) is 0. The molecule has 11 heavy (non-hydrogen) atoms. The number of aliphatic hydroxyl groups excluding tert-OH is 1. The number of aliphatic hydroxyl groups is 1. The maximum absolute atomic E-state index is 9.55. The lowest BCUT2D eigenvalue weighted by Crippen LogP contribution is -2.48. The minimum absolute atomic E-state index is 0.447. The minimum atomic E-state index is -0.447. The first-order valence-corrected chi connectivity index (χ1v) is 4.00. The van der Waals surface area contributed by atoms with Gasteiger partial charge in [0.25, 0.3) is 0 Å². The molecule has 1 atom stereocenters. The van der Waals surface area contributed by atoms with Crippen molar-refractivity contribution in [3.63, 3.8) is 0 Å². The van der Waals surface area contributed by atoms with Gasteiger partial charge in [-0.1, -0.05) is 6.58 Å². The maximum atomic E-state index is 9.55. The van der Waals surface area contributed by atoms with E-state index >= 15 is 0 Å². The van der Waals surface area contributed by atoms with Crippen molar-refractivity contribution in [3.05, 3.63) is 12.2 Å². The van der Waals surface area contributed by atoms with Gasteiger partial charge in [0.05, 0.1) is 0 Å². The molecule has 2 N–H and O–H groups in total. The molecule has 1 aliphatic rings. The fraction of sp³-hybridized carbons (Fsp3) is 0.750. The second-order valence-electron chi connectivity index (χ2n) is 3.01. The van der Waals surface area contributed by atoms with Crippen LogP contribution in [-0.4, -0.2) is 42.4 Å². The number of nitrogens with zero attached hydrogens (tertiary/aromatic N) is 1. The van der Waals surface area contributed by atoms with Gasteiger partial charge in [-0.2, -0.15) is 0 Å². The van der Waals surface area contributed by atoms with Crippen molar-refractivity contribution >= 4 is 0 Å². The molecule has 1 saturated heterocycles. The van der Waals surface area contributed by atoms with Gasteiger partial charge in [-0.25, -0.2) is 0 Å². The number of nitrogens with one attached hydrogen (secondary N) is 1. The van der Waals surface area contributed by atoms with Crippen molar-refractivity contribution < 1.29 is 5.11 Å². The van der Waals surface area contributed by atoms with Gasteiger partial charge < -0.3 is 10.4 Å². The van der Waals surface area contributed by atoms with Crippen LogP contribution in [0.15, 0.2) is 12.2 Å². The topological polar surface area (TPSA) is 35.5 Å². The third-order valence-corrected chi connectivity index (χ3v) is 1.94. The number of hydrogen-bond donors (Lipinski definition) is 2. The molecule has 1 rings (SSSR count). The van der Waals surface area contributed by atoms with Crippen LogP contribution in [0.3, 0.4) is 0 Å². The van der Waals surface area contributed by atoms with E-state index in [0.29, 0.717) is 0 Å². The van der Waals surface area contributed by atoms with Gasteiger partial charge in [0.1, 0.15) is 6.23 Å². The summed E-state index contributed by atoms with van der Waals surface area (Å²) >= 11 is 0. The average Bonchev–Trinajstić information content (AvgIpc) is 2.05. The van der Waals surface area contributed by atoms with Crippen LogP contribution in [0.5, 0.6) is 0 Å². The van der Waals surface area contributed by atoms with Crippen LogP contribution < -0.4 is 5.32 Å². The molecule has 1 fully saturated rings. The van der Waals surface area contributed by atoms with Crippen molar-refractivity contribution in [3.8, 4) is 0 Å². The molecule has 0 saturated carbocycles. The van der Waals surface area contributed by atoms with Crippen molar-refractivity contribution in [1.82, 2.24) is 10.2 Å². The van der Waals surface area contributed by atoms with Crippen molar-refractivity contribution in [2.24, 2.45) is 0 Å². The summed E-state index contributed by atoms with van der Waals surface area (Å²) in [6.45, 7) is 9.32. The predicted molar refractivity (Wildman–Crippen MR) is 45.3 cm³/mol. The Labute approximate surface area is 67.7 Å². The highest BCUT2D eigenvalue weighted by Crippen LogP contribution is 2.05. The fourth-order valence-corrected chi connectivity index (χ4v) is 1.24. The number of hydrogen-bond acceptors (Lipinski definition) is 3. The highest BCUT2D eigenvalue weighted by atomic mass is 16.3. The number of rotatable bonds is 2. The lowest BCUT2D eigenvalue weighted by Gasteiger charge is -2.31. The minimum Gasteiger partial charge on any atom is -0.374 e. The smallest absolute Gasteiger partial charge is 0.129 e. The van der Waals surface area contributed by atoms with E-state index in [2.05, 4.69) is 11.9 Å². The van der Waals surface area contributed by atoms with E-state index in [1.54, 1.807) is 0 Å². The van der Waals surface area contributed by atoms with Gasteiger partial charge in [-0.3, -0.25) is 4.90 Å². The zero-order valence-corrected chi connectivity index (χ0v) is 7.01. The molecule has 1 aliphatic heterocycles. The first-order valence-electron chi connectivity index (χ1n) is 4.00. The van der Waals surface area contributed by atoms with E-state index in [9.17, 15) is 5.11 Å². The third kappa shape index (κ3) is 2.29. The van der Waals surface area contributed by atoms with Crippen LogP contribution >= 0.6 is 0 Å². The van der Waals surface area contributed by atoms with Crippen LogP contribution in [0.25, 0.3) is 0 Å². The Morgan fingerprint density at radius 2 is 2.09 bits per heavy atom. The molecule has 0 aliphatic carbocycles. The lowest BCUT2D eigenvalue weighted by molar-refractivity contribution is 0.0248. The molecule has 0 aromatic heterocycles. The average molecular weight is 156 g/mol. The molecule has 3 nitrogen and oxygen atoms in total. The van der Waals surface area contributed by atoms with Gasteiger partial charge in [0.15, 0.2) is 0 Å². The van der Waals surface area contributed by atoms with Gasteiger partial charge in [-0.15, -0.1) is 0 Å². The first kappa shape index (κ1) is 8.71. The SMILES string of the molecule is C=C(C)C(O)N1CCNCC1. The zero-order valence-electron chi connectivity index (χ0n) is 7.01. The third-order valence-electron chi connectivity index (χ3n) is 1.94. The first-order chi connectivity index (χ1) is 5.22. The molecule has 0 aromatic carbocycles. The van der Waals surface area contributed by atoms with E-state index in [1.165, 1.54) is 0 Å². The molecule has 0 amide bonds. The molecular weight excluding hydrogens is 140 g/mol. The Balaban J connectivity index is 2.38. The zero-order chi connectivity index (χ0) is 8.27. The summed E-state index contributed by atoms with van der Waals surface area (Å²) in [5.41, 5.74) is 0.826. The molecule has 64 valence electrons. The Morgan fingerprint density at radius 1 is 1.55 bits per heavy atom. The molecule has 0 spiro atoms. The highest BCUT2D eigenvalue weighted by Gasteiger charge is 2.17. The van der Waals surface area contributed by atoms with E-state index in [0.717, 1.165) is 31.8 Å². The van der Waals surface area contributed by atoms with Crippen LogP contribution in [0.4, 0.5) is 0 Å². The lowest BCUT2D eigenvalue weighted by atomic mass is 10.2. The Hall–Kier alpha value is -0.380. The fourth-order valence-electron chi connectivity index (χ4n) is 1.24. The van der Waals surface area contributed by atoms with E-state index < -0.39 is 6.23 Å². The summed E-state index contributed by atoms with van der Waals surface area (Å²) in [4.78, 5) is 2.03. The number of piperazine rings is 1. The molecular formula is C8H16N2O. The summed E-state index contributed by atoms with van der Waals surface area (Å²) in [6, 6.07) is 0. The molecule has 3 heteroatoms. The standard InChI is InChI=1S/C8H16N2O/c1-7(2)8(11)10-5-3-9-4-6-10/h8-9,11H,1,3-6H2,2H3. The monoisotopic (exact) mass is 156 g/mol. The molecule has 0 radical (unpaired) electrons. The molecule has 0 aromatic rings. The van der Waals surface area contributed by atoms with Crippen molar-refractivity contribution in [2.45, 2.75) is 13.2 Å². The van der Waals surface area contributed by atoms with E-state index in [1.807, 2.05) is 11.8 Å². The van der Waals surface area contributed by atoms with Gasteiger partial charge in [0.2, 0.25) is 0 Å².